The van der Waals surface area contributed by atoms with Crippen LogP contribution < -0.4 is 0 Å². The average molecular weight is 286 g/mol. The van der Waals surface area contributed by atoms with E-state index in [2.05, 4.69) is 15.0 Å². The minimum atomic E-state index is 0.718. The molecule has 4 rings (SSSR count). The van der Waals surface area contributed by atoms with Crippen LogP contribution in [0.15, 0.2) is 66.9 Å². The SMILES string of the molecule is Cn1c(-c2ccccc2)nc2cnc(-c3ccccc3)nc21. The summed E-state index contributed by atoms with van der Waals surface area (Å²) in [5, 5.41) is 0. The molecule has 4 heteroatoms. The van der Waals surface area contributed by atoms with Crippen molar-refractivity contribution in [1.29, 1.82) is 0 Å². The first kappa shape index (κ1) is 12.7. The van der Waals surface area contributed by atoms with E-state index in [1.54, 1.807) is 6.20 Å². The molecule has 4 aromatic rings. The summed E-state index contributed by atoms with van der Waals surface area (Å²) in [5.41, 5.74) is 3.73. The van der Waals surface area contributed by atoms with E-state index in [9.17, 15) is 0 Å². The maximum atomic E-state index is 4.68. The topological polar surface area (TPSA) is 43.6 Å². The Labute approximate surface area is 128 Å². The molecule has 0 aliphatic rings. The molecule has 2 aromatic heterocycles. The summed E-state index contributed by atoms with van der Waals surface area (Å²) in [6.45, 7) is 0. The highest BCUT2D eigenvalue weighted by atomic mass is 15.1. The predicted molar refractivity (Wildman–Crippen MR) is 87.2 cm³/mol. The zero-order valence-corrected chi connectivity index (χ0v) is 12.1. The van der Waals surface area contributed by atoms with Crippen LogP contribution in [0.1, 0.15) is 0 Å². The lowest BCUT2D eigenvalue weighted by Crippen LogP contribution is -1.95. The Hall–Kier alpha value is -3.01. The summed E-state index contributed by atoms with van der Waals surface area (Å²) < 4.78 is 2.01. The summed E-state index contributed by atoms with van der Waals surface area (Å²) in [5.74, 6) is 1.62. The lowest BCUT2D eigenvalue weighted by molar-refractivity contribution is 0.940. The molecule has 106 valence electrons. The van der Waals surface area contributed by atoms with Crippen LogP contribution in [0.3, 0.4) is 0 Å². The average Bonchev–Trinajstić information content (AvgIpc) is 2.93. The van der Waals surface area contributed by atoms with Gasteiger partial charge < -0.3 is 4.57 Å². The van der Waals surface area contributed by atoms with Gasteiger partial charge in [0, 0.05) is 18.2 Å². The molecular weight excluding hydrogens is 272 g/mol. The Kier molecular flexibility index (Phi) is 2.93. The fraction of sp³-hybridized carbons (Fsp3) is 0.0556. The minimum Gasteiger partial charge on any atom is -0.312 e. The highest BCUT2D eigenvalue weighted by Gasteiger charge is 2.12. The molecule has 0 bridgehead atoms. The van der Waals surface area contributed by atoms with Gasteiger partial charge in [0.2, 0.25) is 0 Å². The Balaban J connectivity index is 1.89. The van der Waals surface area contributed by atoms with Gasteiger partial charge in [-0.25, -0.2) is 15.0 Å². The van der Waals surface area contributed by atoms with E-state index >= 15 is 0 Å². The van der Waals surface area contributed by atoms with Crippen LogP contribution in [0.25, 0.3) is 33.9 Å². The smallest absolute Gasteiger partial charge is 0.164 e. The Bertz CT molecular complexity index is 927. The van der Waals surface area contributed by atoms with Gasteiger partial charge in [0.05, 0.1) is 6.20 Å². The highest BCUT2D eigenvalue weighted by molar-refractivity contribution is 5.78. The number of aromatic nitrogens is 4. The number of hydrogen-bond donors (Lipinski definition) is 0. The Morgan fingerprint density at radius 1 is 0.773 bits per heavy atom. The molecule has 0 unspecified atom stereocenters. The third-order valence-corrected chi connectivity index (χ3v) is 3.68. The van der Waals surface area contributed by atoms with E-state index in [0.29, 0.717) is 0 Å². The fourth-order valence-corrected chi connectivity index (χ4v) is 2.55. The molecule has 0 saturated carbocycles. The molecule has 0 aliphatic carbocycles. The van der Waals surface area contributed by atoms with Gasteiger partial charge in [0.15, 0.2) is 11.5 Å². The van der Waals surface area contributed by atoms with Crippen LogP contribution in [-0.2, 0) is 7.05 Å². The molecule has 0 radical (unpaired) electrons. The zero-order chi connectivity index (χ0) is 14.9. The molecule has 2 aromatic carbocycles. The monoisotopic (exact) mass is 286 g/mol. The first-order valence-corrected chi connectivity index (χ1v) is 7.13. The summed E-state index contributed by atoms with van der Waals surface area (Å²) in [6, 6.07) is 20.1. The number of nitrogens with zero attached hydrogens (tertiary/aromatic N) is 4. The van der Waals surface area contributed by atoms with Gasteiger partial charge in [-0.1, -0.05) is 60.7 Å². The Morgan fingerprint density at radius 3 is 2.09 bits per heavy atom. The molecule has 0 N–H and O–H groups in total. The van der Waals surface area contributed by atoms with E-state index in [1.165, 1.54) is 0 Å². The second-order valence-electron chi connectivity index (χ2n) is 5.13. The summed E-state index contributed by atoms with van der Waals surface area (Å²) in [6.07, 6.45) is 1.79. The number of hydrogen-bond acceptors (Lipinski definition) is 3. The van der Waals surface area contributed by atoms with Crippen molar-refractivity contribution >= 4 is 11.2 Å². The van der Waals surface area contributed by atoms with Crippen molar-refractivity contribution in [3.8, 4) is 22.8 Å². The van der Waals surface area contributed by atoms with Crippen LogP contribution in [0.4, 0.5) is 0 Å². The van der Waals surface area contributed by atoms with Crippen LogP contribution in [-0.4, -0.2) is 19.5 Å². The van der Waals surface area contributed by atoms with Crippen molar-refractivity contribution < 1.29 is 0 Å². The second kappa shape index (κ2) is 5.07. The third-order valence-electron chi connectivity index (χ3n) is 3.68. The Morgan fingerprint density at radius 2 is 1.41 bits per heavy atom. The molecule has 0 amide bonds. The first-order valence-electron chi connectivity index (χ1n) is 7.13. The zero-order valence-electron chi connectivity index (χ0n) is 12.1. The first-order chi connectivity index (χ1) is 10.8. The molecule has 0 saturated heterocycles. The predicted octanol–water partition coefficient (Wildman–Crippen LogP) is 3.70. The number of benzene rings is 2. The molecule has 0 atom stereocenters. The number of fused-ring (bicyclic) bond motifs is 1. The van der Waals surface area contributed by atoms with Gasteiger partial charge in [0.1, 0.15) is 11.3 Å². The van der Waals surface area contributed by atoms with E-state index < -0.39 is 0 Å². The normalized spacial score (nSPS) is 11.0. The fourth-order valence-electron chi connectivity index (χ4n) is 2.55. The number of imidazole rings is 1. The van der Waals surface area contributed by atoms with Crippen LogP contribution in [0, 0.1) is 0 Å². The maximum absolute atomic E-state index is 4.68. The van der Waals surface area contributed by atoms with Crippen LogP contribution >= 0.6 is 0 Å². The minimum absolute atomic E-state index is 0.718. The van der Waals surface area contributed by atoms with E-state index in [-0.39, 0.29) is 0 Å². The number of aryl methyl sites for hydroxylation is 1. The standard InChI is InChI=1S/C18H14N4/c1-22-17(14-10-6-3-7-11-14)20-15-12-19-16(21-18(15)22)13-8-4-2-5-9-13/h2-12H,1H3. The highest BCUT2D eigenvalue weighted by Crippen LogP contribution is 2.23. The summed E-state index contributed by atoms with van der Waals surface area (Å²) >= 11 is 0. The van der Waals surface area contributed by atoms with E-state index in [4.69, 9.17) is 0 Å². The van der Waals surface area contributed by atoms with Crippen molar-refractivity contribution in [1.82, 2.24) is 19.5 Å². The van der Waals surface area contributed by atoms with Gasteiger partial charge in [-0.2, -0.15) is 0 Å². The summed E-state index contributed by atoms with van der Waals surface area (Å²) in [4.78, 5) is 13.8. The van der Waals surface area contributed by atoms with Gasteiger partial charge in [0.25, 0.3) is 0 Å². The van der Waals surface area contributed by atoms with E-state index in [1.807, 2.05) is 72.3 Å². The lowest BCUT2D eigenvalue weighted by atomic mass is 10.2. The molecule has 0 spiro atoms. The maximum Gasteiger partial charge on any atom is 0.164 e. The van der Waals surface area contributed by atoms with Crippen molar-refractivity contribution in [3.63, 3.8) is 0 Å². The van der Waals surface area contributed by atoms with E-state index in [0.717, 1.165) is 33.9 Å². The van der Waals surface area contributed by atoms with Gasteiger partial charge in [-0.05, 0) is 0 Å². The van der Waals surface area contributed by atoms with Crippen molar-refractivity contribution in [3.05, 3.63) is 66.9 Å². The molecule has 0 aliphatic heterocycles. The van der Waals surface area contributed by atoms with Crippen LogP contribution in [0.5, 0.6) is 0 Å². The van der Waals surface area contributed by atoms with Gasteiger partial charge >= 0.3 is 0 Å². The second-order valence-corrected chi connectivity index (χ2v) is 5.13. The molecule has 2 heterocycles. The largest absolute Gasteiger partial charge is 0.312 e. The summed E-state index contributed by atoms with van der Waals surface area (Å²) in [7, 11) is 1.99. The lowest BCUT2D eigenvalue weighted by Gasteiger charge is -2.02. The van der Waals surface area contributed by atoms with Crippen molar-refractivity contribution in [2.75, 3.05) is 0 Å². The van der Waals surface area contributed by atoms with Gasteiger partial charge in [-0.15, -0.1) is 0 Å². The van der Waals surface area contributed by atoms with Crippen molar-refractivity contribution in [2.24, 2.45) is 7.05 Å². The molecular formula is C18H14N4. The van der Waals surface area contributed by atoms with Crippen LogP contribution in [0.2, 0.25) is 0 Å². The third kappa shape index (κ3) is 2.05. The quantitative estimate of drug-likeness (QED) is 0.564. The molecule has 0 fully saturated rings. The number of rotatable bonds is 2. The molecule has 4 nitrogen and oxygen atoms in total. The van der Waals surface area contributed by atoms with Crippen molar-refractivity contribution in [2.45, 2.75) is 0 Å². The van der Waals surface area contributed by atoms with Gasteiger partial charge in [-0.3, -0.25) is 0 Å². The molecule has 22 heavy (non-hydrogen) atoms.